The summed E-state index contributed by atoms with van der Waals surface area (Å²) in [5, 5.41) is 24.1. The maximum absolute atomic E-state index is 12.4. The highest BCUT2D eigenvalue weighted by Gasteiger charge is 2.30. The summed E-state index contributed by atoms with van der Waals surface area (Å²) < 4.78 is 0. The molecule has 0 aromatic carbocycles. The number of aliphatic carboxylic acids is 1. The van der Waals surface area contributed by atoms with Gasteiger partial charge in [-0.1, -0.05) is 0 Å². The Hall–Kier alpha value is -3.26. The zero-order valence-electron chi connectivity index (χ0n) is 14.8. The van der Waals surface area contributed by atoms with Crippen molar-refractivity contribution in [3.8, 4) is 0 Å². The maximum atomic E-state index is 12.4. The maximum Gasteiger partial charge on any atom is 0.328 e. The molecule has 0 spiro atoms. The Morgan fingerprint density at radius 2 is 1.36 bits per heavy atom. The van der Waals surface area contributed by atoms with Crippen LogP contribution in [-0.4, -0.2) is 77.0 Å². The van der Waals surface area contributed by atoms with Crippen molar-refractivity contribution >= 4 is 35.5 Å². The number of hydrogen-bond donors (Lipinski definition) is 8. The van der Waals surface area contributed by atoms with Crippen LogP contribution in [0.4, 0.5) is 0 Å². The molecule has 0 radical (unpaired) electrons. The fourth-order valence-corrected chi connectivity index (χ4v) is 1.95. The van der Waals surface area contributed by atoms with Crippen molar-refractivity contribution in [1.29, 1.82) is 0 Å². The van der Waals surface area contributed by atoms with Gasteiger partial charge >= 0.3 is 5.97 Å². The van der Waals surface area contributed by atoms with Crippen LogP contribution in [0.5, 0.6) is 0 Å². The van der Waals surface area contributed by atoms with Crippen LogP contribution in [0.3, 0.4) is 0 Å². The molecule has 0 aromatic heterocycles. The third kappa shape index (κ3) is 9.44. The minimum atomic E-state index is -1.68. The predicted molar refractivity (Wildman–Crippen MR) is 91.8 cm³/mol. The average molecular weight is 404 g/mol. The molecule has 14 nitrogen and oxygen atoms in total. The first kappa shape index (κ1) is 24.7. The summed E-state index contributed by atoms with van der Waals surface area (Å²) in [7, 11) is 0. The summed E-state index contributed by atoms with van der Waals surface area (Å²) in [6.45, 7) is -1.39. The third-order valence-corrected chi connectivity index (χ3v) is 3.35. The van der Waals surface area contributed by atoms with Gasteiger partial charge in [0.25, 0.3) is 0 Å². The molecule has 0 fully saturated rings. The van der Waals surface area contributed by atoms with E-state index in [2.05, 4.69) is 10.6 Å². The summed E-state index contributed by atoms with van der Waals surface area (Å²) in [4.78, 5) is 69.0. The first-order valence-corrected chi connectivity index (χ1v) is 8.02. The number of carboxylic acid groups (broad SMARTS) is 1. The Morgan fingerprint density at radius 1 is 0.821 bits per heavy atom. The highest BCUT2D eigenvalue weighted by molar-refractivity contribution is 5.96. The molecule has 0 saturated carbocycles. The van der Waals surface area contributed by atoms with E-state index in [-0.39, 0.29) is 12.8 Å². The number of carboxylic acids is 1. The molecular weight excluding hydrogens is 380 g/mol. The predicted octanol–water partition coefficient (Wildman–Crippen LogP) is -5.38. The molecule has 5 amide bonds. The van der Waals surface area contributed by atoms with Crippen LogP contribution in [0, 0.1) is 0 Å². The van der Waals surface area contributed by atoms with Crippen LogP contribution in [0.2, 0.25) is 0 Å². The minimum absolute atomic E-state index is 0.216. The van der Waals surface area contributed by atoms with Crippen LogP contribution in [0.1, 0.15) is 19.3 Å². The van der Waals surface area contributed by atoms with Crippen LogP contribution in [0.15, 0.2) is 0 Å². The van der Waals surface area contributed by atoms with Gasteiger partial charge in [0.15, 0.2) is 0 Å². The number of aliphatic hydroxyl groups is 1. The van der Waals surface area contributed by atoms with Crippen molar-refractivity contribution in [3.63, 3.8) is 0 Å². The zero-order valence-corrected chi connectivity index (χ0v) is 14.8. The van der Waals surface area contributed by atoms with Gasteiger partial charge in [0.1, 0.15) is 18.1 Å². The topological polar surface area (TPSA) is 257 Å². The number of amides is 5. The highest BCUT2D eigenvalue weighted by Crippen LogP contribution is 2.01. The Kier molecular flexibility index (Phi) is 10.8. The largest absolute Gasteiger partial charge is 0.480 e. The average Bonchev–Trinajstić information content (AvgIpc) is 2.60. The normalized spacial score (nSPS) is 13.5. The lowest BCUT2D eigenvalue weighted by molar-refractivity contribution is -0.143. The van der Waals surface area contributed by atoms with Gasteiger partial charge in [-0.25, -0.2) is 4.79 Å². The van der Waals surface area contributed by atoms with Crippen LogP contribution >= 0.6 is 0 Å². The molecule has 0 aromatic rings. The Labute approximate surface area is 159 Å². The van der Waals surface area contributed by atoms with Gasteiger partial charge in [0.2, 0.25) is 29.5 Å². The molecular formula is C14H24N6O8. The molecule has 0 bridgehead atoms. The third-order valence-electron chi connectivity index (χ3n) is 3.35. The fraction of sp³-hybridized carbons (Fsp3) is 0.571. The first-order valence-electron chi connectivity index (χ1n) is 8.02. The number of nitrogens with two attached hydrogens (primary N) is 3. The Bertz CT molecular complexity index is 625. The molecule has 3 unspecified atom stereocenters. The summed E-state index contributed by atoms with van der Waals surface area (Å²) in [5.41, 5.74) is 15.2. The number of carbonyl (C=O) groups excluding carboxylic acids is 5. The van der Waals surface area contributed by atoms with E-state index in [0.29, 0.717) is 0 Å². The van der Waals surface area contributed by atoms with Crippen LogP contribution < -0.4 is 33.2 Å². The van der Waals surface area contributed by atoms with Gasteiger partial charge in [-0.05, 0) is 6.42 Å². The number of aliphatic hydroxyl groups excluding tert-OH is 1. The molecule has 0 aliphatic rings. The second-order valence-corrected chi connectivity index (χ2v) is 5.64. The standard InChI is InChI=1S/C14H24N6O8/c15-4-11(24)18-6(1-2-9(16)22)12(25)19-7(3-10(17)23)13(26)20-8(5-21)14(27)28/h6-8,21H,1-5,15H2,(H2,16,22)(H2,17,23)(H,18,24)(H,19,25)(H,20,26)(H,27,28). The molecule has 0 aliphatic heterocycles. The number of hydrogen-bond acceptors (Lipinski definition) is 8. The van der Waals surface area contributed by atoms with Crippen LogP contribution in [-0.2, 0) is 28.8 Å². The van der Waals surface area contributed by atoms with Gasteiger partial charge in [0, 0.05) is 6.42 Å². The van der Waals surface area contributed by atoms with E-state index < -0.39 is 73.2 Å². The van der Waals surface area contributed by atoms with E-state index in [1.165, 1.54) is 0 Å². The number of nitrogens with one attached hydrogen (secondary N) is 3. The van der Waals surface area contributed by atoms with Gasteiger partial charge < -0.3 is 43.4 Å². The lowest BCUT2D eigenvalue weighted by Gasteiger charge is -2.23. The Morgan fingerprint density at radius 3 is 1.79 bits per heavy atom. The van der Waals surface area contributed by atoms with Gasteiger partial charge in [-0.3, -0.25) is 24.0 Å². The van der Waals surface area contributed by atoms with Crippen LogP contribution in [0.25, 0.3) is 0 Å². The van der Waals surface area contributed by atoms with E-state index >= 15 is 0 Å². The van der Waals surface area contributed by atoms with Crippen molar-refractivity contribution < 1.29 is 39.0 Å². The second-order valence-electron chi connectivity index (χ2n) is 5.64. The monoisotopic (exact) mass is 404 g/mol. The Balaban J connectivity index is 5.32. The van der Waals surface area contributed by atoms with Crippen molar-refractivity contribution in [1.82, 2.24) is 16.0 Å². The number of carbonyl (C=O) groups is 6. The van der Waals surface area contributed by atoms with Gasteiger partial charge in [-0.2, -0.15) is 0 Å². The quantitative estimate of drug-likeness (QED) is 0.145. The molecule has 3 atom stereocenters. The molecule has 0 rings (SSSR count). The minimum Gasteiger partial charge on any atom is -0.480 e. The SMILES string of the molecule is NCC(=O)NC(CCC(N)=O)C(=O)NC(CC(N)=O)C(=O)NC(CO)C(=O)O. The van der Waals surface area contributed by atoms with E-state index in [1.807, 2.05) is 5.32 Å². The molecule has 0 saturated heterocycles. The summed E-state index contributed by atoms with van der Waals surface area (Å²) in [5.74, 6) is -6.08. The number of rotatable bonds is 13. The molecule has 28 heavy (non-hydrogen) atoms. The van der Waals surface area contributed by atoms with E-state index in [9.17, 15) is 28.8 Å². The summed E-state index contributed by atoms with van der Waals surface area (Å²) in [6.07, 6.45) is -1.18. The first-order chi connectivity index (χ1) is 13.0. The smallest absolute Gasteiger partial charge is 0.328 e. The molecule has 11 N–H and O–H groups in total. The molecule has 0 heterocycles. The zero-order chi connectivity index (χ0) is 21.9. The van der Waals surface area contributed by atoms with Gasteiger partial charge in [0.05, 0.1) is 19.6 Å². The fourth-order valence-electron chi connectivity index (χ4n) is 1.95. The molecule has 0 aliphatic carbocycles. The second kappa shape index (κ2) is 12.2. The number of primary amides is 2. The summed E-state index contributed by atoms with van der Waals surface area (Å²) >= 11 is 0. The lowest BCUT2D eigenvalue weighted by atomic mass is 10.1. The van der Waals surface area contributed by atoms with Crippen molar-refractivity contribution in [2.75, 3.05) is 13.2 Å². The van der Waals surface area contributed by atoms with Crippen molar-refractivity contribution in [2.45, 2.75) is 37.4 Å². The lowest BCUT2D eigenvalue weighted by Crippen LogP contribution is -2.57. The van der Waals surface area contributed by atoms with E-state index in [4.69, 9.17) is 27.4 Å². The van der Waals surface area contributed by atoms with Crippen molar-refractivity contribution in [3.05, 3.63) is 0 Å². The molecule has 14 heteroatoms. The molecule has 158 valence electrons. The van der Waals surface area contributed by atoms with Gasteiger partial charge in [-0.15, -0.1) is 0 Å². The highest BCUT2D eigenvalue weighted by atomic mass is 16.4. The van der Waals surface area contributed by atoms with E-state index in [0.717, 1.165) is 0 Å². The van der Waals surface area contributed by atoms with E-state index in [1.54, 1.807) is 0 Å². The van der Waals surface area contributed by atoms with Crippen molar-refractivity contribution in [2.24, 2.45) is 17.2 Å². The summed E-state index contributed by atoms with van der Waals surface area (Å²) in [6, 6.07) is -4.58.